The lowest BCUT2D eigenvalue weighted by Gasteiger charge is -2.22. The predicted molar refractivity (Wildman–Crippen MR) is 99.7 cm³/mol. The van der Waals surface area contributed by atoms with Gasteiger partial charge >= 0.3 is 0 Å². The van der Waals surface area contributed by atoms with E-state index in [9.17, 15) is 4.79 Å². The van der Waals surface area contributed by atoms with E-state index in [0.29, 0.717) is 5.13 Å². The lowest BCUT2D eigenvalue weighted by molar-refractivity contribution is -0.121. The molecule has 0 spiro atoms. The maximum absolute atomic E-state index is 12.4. The van der Waals surface area contributed by atoms with Crippen molar-refractivity contribution in [3.8, 4) is 0 Å². The summed E-state index contributed by atoms with van der Waals surface area (Å²) in [5.74, 6) is -0.143. The summed E-state index contributed by atoms with van der Waals surface area (Å²) in [6.45, 7) is 4.21. The Morgan fingerprint density at radius 1 is 1.21 bits per heavy atom. The summed E-state index contributed by atoms with van der Waals surface area (Å²) in [7, 11) is 0. The van der Waals surface area contributed by atoms with E-state index in [0.717, 1.165) is 30.7 Å². The molecule has 0 saturated heterocycles. The van der Waals surface area contributed by atoms with E-state index in [1.807, 2.05) is 18.2 Å². The highest BCUT2D eigenvalue weighted by atomic mass is 35.5. The molecule has 1 aliphatic carbocycles. The number of rotatable bonds is 4. The summed E-state index contributed by atoms with van der Waals surface area (Å²) < 4.78 is 0. The summed E-state index contributed by atoms with van der Waals surface area (Å²) in [4.78, 5) is 12.4. The first-order chi connectivity index (χ1) is 10.9. The van der Waals surface area contributed by atoms with Crippen molar-refractivity contribution in [2.24, 2.45) is 5.73 Å². The Labute approximate surface area is 152 Å². The van der Waals surface area contributed by atoms with Gasteiger partial charge in [0.2, 0.25) is 11.0 Å². The molecule has 1 saturated carbocycles. The molecule has 24 heavy (non-hydrogen) atoms. The zero-order valence-electron chi connectivity index (χ0n) is 13.9. The van der Waals surface area contributed by atoms with Crippen molar-refractivity contribution in [2.75, 3.05) is 5.32 Å². The number of nitrogens with two attached hydrogens (primary N) is 1. The molecule has 1 aromatic carbocycles. The van der Waals surface area contributed by atoms with Crippen LogP contribution in [0, 0.1) is 0 Å². The fourth-order valence-corrected chi connectivity index (χ4v) is 3.82. The predicted octanol–water partition coefficient (Wildman–Crippen LogP) is 3.50. The number of nitrogens with zero attached hydrogens (tertiary/aromatic N) is 2. The van der Waals surface area contributed by atoms with Crippen LogP contribution in [-0.4, -0.2) is 21.6 Å². The second-order valence-corrected chi connectivity index (χ2v) is 7.70. The van der Waals surface area contributed by atoms with Crippen LogP contribution >= 0.6 is 23.7 Å². The van der Waals surface area contributed by atoms with E-state index in [1.54, 1.807) is 0 Å². The Kier molecular flexibility index (Phi) is 5.63. The van der Waals surface area contributed by atoms with E-state index in [-0.39, 0.29) is 23.7 Å². The molecule has 2 aromatic rings. The van der Waals surface area contributed by atoms with Gasteiger partial charge < -0.3 is 5.73 Å². The van der Waals surface area contributed by atoms with E-state index in [1.165, 1.54) is 16.9 Å². The van der Waals surface area contributed by atoms with Crippen LogP contribution in [0.2, 0.25) is 0 Å². The van der Waals surface area contributed by atoms with Crippen LogP contribution < -0.4 is 11.1 Å². The minimum absolute atomic E-state index is 0. The quantitative estimate of drug-likeness (QED) is 0.867. The summed E-state index contributed by atoms with van der Waals surface area (Å²) in [5.41, 5.74) is 6.34. The van der Waals surface area contributed by atoms with Crippen molar-refractivity contribution in [1.82, 2.24) is 10.2 Å². The second-order valence-electron chi connectivity index (χ2n) is 6.72. The zero-order valence-corrected chi connectivity index (χ0v) is 15.5. The number of hydrogen-bond acceptors (Lipinski definition) is 5. The summed E-state index contributed by atoms with van der Waals surface area (Å²) >= 11 is 1.41. The average Bonchev–Trinajstić information content (AvgIpc) is 3.18. The van der Waals surface area contributed by atoms with Crippen LogP contribution in [-0.2, 0) is 10.2 Å². The third kappa shape index (κ3) is 3.61. The Balaban J connectivity index is 0.00000208. The fraction of sp³-hybridized carbons (Fsp3) is 0.471. The van der Waals surface area contributed by atoms with Crippen molar-refractivity contribution in [3.05, 3.63) is 40.9 Å². The molecule has 1 fully saturated rings. The molecular formula is C17H23ClN4OS. The topological polar surface area (TPSA) is 80.9 Å². The van der Waals surface area contributed by atoms with Crippen molar-refractivity contribution in [1.29, 1.82) is 0 Å². The van der Waals surface area contributed by atoms with Gasteiger partial charge in [-0.3, -0.25) is 10.1 Å². The van der Waals surface area contributed by atoms with Gasteiger partial charge in [-0.25, -0.2) is 0 Å². The van der Waals surface area contributed by atoms with E-state index in [2.05, 4.69) is 41.5 Å². The highest BCUT2D eigenvalue weighted by Crippen LogP contribution is 2.35. The smallest absolute Gasteiger partial charge is 0.246 e. The number of benzene rings is 1. The number of aromatic nitrogens is 2. The van der Waals surface area contributed by atoms with Gasteiger partial charge in [0.1, 0.15) is 5.01 Å². The Bertz CT molecular complexity index is 696. The van der Waals surface area contributed by atoms with Gasteiger partial charge in [-0.15, -0.1) is 22.6 Å². The molecule has 1 heterocycles. The van der Waals surface area contributed by atoms with Gasteiger partial charge in [0, 0.05) is 5.41 Å². The third-order valence-corrected chi connectivity index (χ3v) is 5.79. The highest BCUT2D eigenvalue weighted by molar-refractivity contribution is 7.15. The van der Waals surface area contributed by atoms with Gasteiger partial charge in [0.25, 0.3) is 0 Å². The number of anilines is 1. The van der Waals surface area contributed by atoms with Crippen LogP contribution in [0.1, 0.15) is 50.1 Å². The number of nitrogens with one attached hydrogen (secondary N) is 1. The summed E-state index contributed by atoms with van der Waals surface area (Å²) in [5, 5.41) is 12.7. The molecule has 0 radical (unpaired) electrons. The molecular weight excluding hydrogens is 344 g/mol. The average molecular weight is 367 g/mol. The second kappa shape index (κ2) is 7.17. The van der Waals surface area contributed by atoms with Crippen LogP contribution in [0.25, 0.3) is 0 Å². The minimum Gasteiger partial charge on any atom is -0.317 e. The maximum Gasteiger partial charge on any atom is 0.246 e. The van der Waals surface area contributed by atoms with E-state index in [4.69, 9.17) is 5.73 Å². The lowest BCUT2D eigenvalue weighted by Crippen LogP contribution is -2.48. The minimum atomic E-state index is -0.749. The number of carbonyl (C=O) groups is 1. The van der Waals surface area contributed by atoms with Crippen molar-refractivity contribution in [3.63, 3.8) is 0 Å². The molecule has 3 N–H and O–H groups in total. The summed E-state index contributed by atoms with van der Waals surface area (Å²) in [6, 6.07) is 10.2. The monoisotopic (exact) mass is 366 g/mol. The molecule has 1 aromatic heterocycles. The number of hydrogen-bond donors (Lipinski definition) is 2. The van der Waals surface area contributed by atoms with Crippen molar-refractivity contribution in [2.45, 2.75) is 50.5 Å². The molecule has 7 heteroatoms. The zero-order chi connectivity index (χ0) is 16.5. The molecule has 0 bridgehead atoms. The third-order valence-electron chi connectivity index (χ3n) is 4.62. The van der Waals surface area contributed by atoms with Crippen LogP contribution in [0.15, 0.2) is 30.3 Å². The molecule has 5 nitrogen and oxygen atoms in total. The fourth-order valence-electron chi connectivity index (χ4n) is 2.96. The normalized spacial score (nSPS) is 16.5. The molecule has 1 aliphatic rings. The van der Waals surface area contributed by atoms with Gasteiger partial charge in [-0.2, -0.15) is 0 Å². The van der Waals surface area contributed by atoms with Gasteiger partial charge in [-0.05, 0) is 32.3 Å². The first kappa shape index (κ1) is 18.8. The maximum atomic E-state index is 12.4. The Hall–Kier alpha value is -1.50. The van der Waals surface area contributed by atoms with Crippen molar-refractivity contribution < 1.29 is 4.79 Å². The number of carbonyl (C=O) groups excluding carboxylic acids is 1. The molecule has 3 rings (SSSR count). The SMILES string of the molecule is CC(C)(c1ccccc1)c1nnc(NC(=O)C2(N)CCCC2)s1.Cl. The Morgan fingerprint density at radius 3 is 2.46 bits per heavy atom. The van der Waals surface area contributed by atoms with Gasteiger partial charge in [-0.1, -0.05) is 54.5 Å². The number of halogens is 1. The number of amides is 1. The molecule has 0 unspecified atom stereocenters. The van der Waals surface area contributed by atoms with Crippen molar-refractivity contribution >= 4 is 34.8 Å². The largest absolute Gasteiger partial charge is 0.317 e. The lowest BCUT2D eigenvalue weighted by atomic mass is 9.85. The van der Waals surface area contributed by atoms with Crippen LogP contribution in [0.3, 0.4) is 0 Å². The molecule has 0 aliphatic heterocycles. The molecule has 1 amide bonds. The van der Waals surface area contributed by atoms with Crippen LogP contribution in [0.4, 0.5) is 5.13 Å². The van der Waals surface area contributed by atoms with Crippen LogP contribution in [0.5, 0.6) is 0 Å². The first-order valence-electron chi connectivity index (χ1n) is 7.92. The van der Waals surface area contributed by atoms with E-state index >= 15 is 0 Å². The summed E-state index contributed by atoms with van der Waals surface area (Å²) in [6.07, 6.45) is 3.48. The van der Waals surface area contributed by atoms with Gasteiger partial charge in [0.15, 0.2) is 0 Å². The first-order valence-corrected chi connectivity index (χ1v) is 8.73. The Morgan fingerprint density at radius 2 is 1.83 bits per heavy atom. The van der Waals surface area contributed by atoms with Gasteiger partial charge in [0.05, 0.1) is 5.54 Å². The standard InChI is InChI=1S/C17H22N4OS.ClH/c1-16(2,12-8-4-3-5-9-12)14-20-21-15(23-14)19-13(22)17(18)10-6-7-11-17;/h3-5,8-9H,6-7,10-11,18H2,1-2H3,(H,19,21,22);1H. The molecule has 0 atom stereocenters. The highest BCUT2D eigenvalue weighted by Gasteiger charge is 2.37. The van der Waals surface area contributed by atoms with E-state index < -0.39 is 5.54 Å². The molecule has 130 valence electrons.